The molecule has 15 heteroatoms. The van der Waals surface area contributed by atoms with Gasteiger partial charge in [-0.2, -0.15) is 13.2 Å². The Kier molecular flexibility index (Phi) is 8.43. The predicted molar refractivity (Wildman–Crippen MR) is 127 cm³/mol. The lowest BCUT2D eigenvalue weighted by Gasteiger charge is -2.20. The number of hydrogen-bond donors (Lipinski definition) is 4. The summed E-state index contributed by atoms with van der Waals surface area (Å²) in [5, 5.41) is 3.27. The number of nitrogens with two attached hydrogens (primary N) is 2. The Balaban J connectivity index is 2.52. The highest BCUT2D eigenvalue weighted by Gasteiger charge is 2.33. The first-order valence-electron chi connectivity index (χ1n) is 9.86. The molecule has 0 heterocycles. The molecule has 0 atom stereocenters. The number of aryl methyl sites for hydroxylation is 1. The number of amides is 1. The number of nitrogens with one attached hydrogen (secondary N) is 2. The quantitative estimate of drug-likeness (QED) is 0.173. The molecule has 0 aliphatic rings. The van der Waals surface area contributed by atoms with Crippen molar-refractivity contribution in [2.24, 2.45) is 11.6 Å². The normalized spacial score (nSPS) is 12.1. The van der Waals surface area contributed by atoms with Gasteiger partial charge in [0.25, 0.3) is 5.91 Å². The van der Waals surface area contributed by atoms with E-state index in [9.17, 15) is 31.2 Å². The molecule has 36 heavy (non-hydrogen) atoms. The van der Waals surface area contributed by atoms with Crippen molar-refractivity contribution in [2.75, 3.05) is 35.5 Å². The average Bonchev–Trinajstić information content (AvgIpc) is 2.76. The molecule has 196 valence electrons. The highest BCUT2D eigenvalue weighted by molar-refractivity contribution is 7.92. The van der Waals surface area contributed by atoms with Crippen LogP contribution in [0, 0.1) is 6.92 Å². The zero-order valence-electron chi connectivity index (χ0n) is 19.6. The molecule has 0 bridgehead atoms. The number of sulfonamides is 1. The van der Waals surface area contributed by atoms with Crippen LogP contribution in [0.25, 0.3) is 0 Å². The maximum atomic E-state index is 13.5. The van der Waals surface area contributed by atoms with Gasteiger partial charge in [0.15, 0.2) is 5.75 Å². The number of rotatable bonds is 8. The molecule has 0 spiro atoms. The van der Waals surface area contributed by atoms with E-state index in [1.807, 2.05) is 4.72 Å². The molecule has 0 saturated carbocycles. The Hall–Kier alpha value is -3.98. The van der Waals surface area contributed by atoms with E-state index in [4.69, 9.17) is 16.3 Å². The van der Waals surface area contributed by atoms with Crippen LogP contribution >= 0.6 is 0 Å². The fraction of sp³-hybridized carbons (Fsp3) is 0.238. The number of hydrazine groups is 1. The van der Waals surface area contributed by atoms with Gasteiger partial charge < -0.3 is 20.5 Å². The lowest BCUT2D eigenvalue weighted by Crippen LogP contribution is -2.29. The van der Waals surface area contributed by atoms with Crippen LogP contribution in [0.5, 0.6) is 5.75 Å². The maximum Gasteiger partial charge on any atom is 0.416 e. The largest absolute Gasteiger partial charge is 0.492 e. The van der Waals surface area contributed by atoms with Gasteiger partial charge in [-0.15, -0.1) is 0 Å². The molecule has 0 saturated heterocycles. The van der Waals surface area contributed by atoms with E-state index >= 15 is 0 Å². The Morgan fingerprint density at radius 2 is 1.72 bits per heavy atom. The van der Waals surface area contributed by atoms with Crippen LogP contribution in [0.4, 0.5) is 30.2 Å². The van der Waals surface area contributed by atoms with E-state index in [1.165, 1.54) is 18.2 Å². The van der Waals surface area contributed by atoms with Gasteiger partial charge in [-0.3, -0.25) is 14.5 Å². The minimum absolute atomic E-state index is 0.0341. The van der Waals surface area contributed by atoms with Crippen LogP contribution in [-0.2, 0) is 25.7 Å². The van der Waals surface area contributed by atoms with Gasteiger partial charge >= 0.3 is 12.1 Å². The first-order valence-corrected chi connectivity index (χ1v) is 11.7. The van der Waals surface area contributed by atoms with E-state index in [1.54, 1.807) is 6.92 Å². The third-order valence-corrected chi connectivity index (χ3v) is 5.20. The van der Waals surface area contributed by atoms with Gasteiger partial charge in [0.2, 0.25) is 10.0 Å². The molecule has 1 amide bonds. The molecule has 0 radical (unpaired) electrons. The molecule has 6 N–H and O–H groups in total. The molecular weight excluding hydrogens is 507 g/mol. The van der Waals surface area contributed by atoms with Gasteiger partial charge in [-0.1, -0.05) is 6.07 Å². The number of esters is 1. The molecule has 2 aromatic carbocycles. The summed E-state index contributed by atoms with van der Waals surface area (Å²) in [7, 11) is -1.76. The first kappa shape index (κ1) is 28.3. The SMILES string of the molecule is COC(=O)/C(N)=C/N(N)c1cc(C(=O)Nc2cc(C(F)(F)F)cc(NS(C)(=O)=O)c2OC)ccc1C. The van der Waals surface area contributed by atoms with Crippen LogP contribution in [0.15, 0.2) is 42.2 Å². The molecule has 0 aliphatic heterocycles. The second-order valence-corrected chi connectivity index (χ2v) is 9.16. The highest BCUT2D eigenvalue weighted by Crippen LogP contribution is 2.41. The first-order chi connectivity index (χ1) is 16.6. The Labute approximate surface area is 204 Å². The van der Waals surface area contributed by atoms with Crippen LogP contribution < -0.4 is 31.4 Å². The number of carbonyl (C=O) groups is 2. The number of alkyl halides is 3. The minimum Gasteiger partial charge on any atom is -0.492 e. The monoisotopic (exact) mass is 531 g/mol. The van der Waals surface area contributed by atoms with Crippen molar-refractivity contribution in [3.05, 3.63) is 58.9 Å². The second kappa shape index (κ2) is 10.7. The molecule has 2 aromatic rings. The van der Waals surface area contributed by atoms with Gasteiger partial charge in [0.1, 0.15) is 5.70 Å². The number of ether oxygens (including phenoxy) is 2. The summed E-state index contributed by atoms with van der Waals surface area (Å²) >= 11 is 0. The predicted octanol–water partition coefficient (Wildman–Crippen LogP) is 2.30. The summed E-state index contributed by atoms with van der Waals surface area (Å²) in [5.41, 5.74) is 3.84. The molecule has 11 nitrogen and oxygen atoms in total. The van der Waals surface area contributed by atoms with Gasteiger partial charge in [0, 0.05) is 5.56 Å². The van der Waals surface area contributed by atoms with Crippen molar-refractivity contribution >= 4 is 39.0 Å². The number of anilines is 3. The van der Waals surface area contributed by atoms with E-state index in [2.05, 4.69) is 10.1 Å². The Bertz CT molecular complexity index is 1310. The molecular formula is C21H24F3N5O6S. The Morgan fingerprint density at radius 3 is 2.25 bits per heavy atom. The summed E-state index contributed by atoms with van der Waals surface area (Å²) in [6.07, 6.45) is -3.05. The number of carbonyl (C=O) groups excluding carboxylic acids is 2. The molecule has 0 aliphatic carbocycles. The summed E-state index contributed by atoms with van der Waals surface area (Å²) in [5.74, 6) is 3.88. The molecule has 0 fully saturated rings. The van der Waals surface area contributed by atoms with Crippen molar-refractivity contribution in [1.82, 2.24) is 0 Å². The fourth-order valence-corrected chi connectivity index (χ4v) is 3.55. The van der Waals surface area contributed by atoms with Crippen molar-refractivity contribution in [3.63, 3.8) is 0 Å². The number of benzene rings is 2. The van der Waals surface area contributed by atoms with Gasteiger partial charge in [0.05, 0.1) is 49.3 Å². The smallest absolute Gasteiger partial charge is 0.416 e. The lowest BCUT2D eigenvalue weighted by atomic mass is 10.1. The van der Waals surface area contributed by atoms with Crippen molar-refractivity contribution in [3.8, 4) is 5.75 Å². The summed E-state index contributed by atoms with van der Waals surface area (Å²) in [6.45, 7) is 1.65. The average molecular weight is 532 g/mol. The third-order valence-electron chi connectivity index (χ3n) is 4.61. The van der Waals surface area contributed by atoms with E-state index in [0.717, 1.165) is 31.7 Å². The van der Waals surface area contributed by atoms with E-state index < -0.39 is 45.0 Å². The number of nitrogens with zero attached hydrogens (tertiary/aromatic N) is 1. The minimum atomic E-state index is -4.86. The van der Waals surface area contributed by atoms with Gasteiger partial charge in [-0.05, 0) is 36.8 Å². The number of halogens is 3. The topological polar surface area (TPSA) is 166 Å². The van der Waals surface area contributed by atoms with Crippen LogP contribution in [0.3, 0.4) is 0 Å². The fourth-order valence-electron chi connectivity index (χ4n) is 2.99. The van der Waals surface area contributed by atoms with Crippen LogP contribution in [0.2, 0.25) is 0 Å². The molecule has 0 unspecified atom stereocenters. The summed E-state index contributed by atoms with van der Waals surface area (Å²) in [6, 6.07) is 5.34. The van der Waals surface area contributed by atoms with Crippen LogP contribution in [0.1, 0.15) is 21.5 Å². The van der Waals surface area contributed by atoms with Gasteiger partial charge in [-0.25, -0.2) is 19.1 Å². The van der Waals surface area contributed by atoms with E-state index in [-0.39, 0.29) is 22.7 Å². The Morgan fingerprint density at radius 1 is 1.11 bits per heavy atom. The lowest BCUT2D eigenvalue weighted by molar-refractivity contribution is -0.137. The second-order valence-electron chi connectivity index (χ2n) is 7.42. The molecule has 0 aromatic heterocycles. The maximum absolute atomic E-state index is 13.5. The summed E-state index contributed by atoms with van der Waals surface area (Å²) in [4.78, 5) is 24.5. The van der Waals surface area contributed by atoms with Crippen molar-refractivity contribution in [2.45, 2.75) is 13.1 Å². The summed E-state index contributed by atoms with van der Waals surface area (Å²) < 4.78 is 75.2. The zero-order valence-corrected chi connectivity index (χ0v) is 20.4. The number of methoxy groups -OCH3 is 2. The van der Waals surface area contributed by atoms with E-state index in [0.29, 0.717) is 17.7 Å². The third kappa shape index (κ3) is 7.02. The zero-order chi connectivity index (χ0) is 27.4. The highest BCUT2D eigenvalue weighted by atomic mass is 32.2. The standard InChI is InChI=1S/C21H24F3N5O6S/c1-11-5-6-12(7-17(11)29(26)10-14(25)20(31)35-3)19(30)27-15-8-13(21(22,23)24)9-16(18(15)34-2)28-36(4,32)33/h5-10,28H,25-26H2,1-4H3,(H,27,30)/b14-10-. The van der Waals surface area contributed by atoms with Crippen molar-refractivity contribution in [1.29, 1.82) is 0 Å². The van der Waals surface area contributed by atoms with Crippen LogP contribution in [-0.4, -0.2) is 40.8 Å². The van der Waals surface area contributed by atoms with Crippen molar-refractivity contribution < 1.29 is 40.7 Å². The molecule has 2 rings (SSSR count). The number of hydrogen-bond acceptors (Lipinski definition) is 9.